The van der Waals surface area contributed by atoms with Gasteiger partial charge in [0.1, 0.15) is 5.75 Å². The van der Waals surface area contributed by atoms with Crippen LogP contribution in [0.3, 0.4) is 0 Å². The maximum absolute atomic E-state index is 12.1. The molecule has 2 nitrogen and oxygen atoms in total. The summed E-state index contributed by atoms with van der Waals surface area (Å²) in [5.41, 5.74) is 0. The second-order valence-electron chi connectivity index (χ2n) is 4.41. The molecule has 0 radical (unpaired) electrons. The highest BCUT2D eigenvalue weighted by molar-refractivity contribution is 9.11. The van der Waals surface area contributed by atoms with E-state index in [0.29, 0.717) is 10.6 Å². The molecule has 0 amide bonds. The lowest BCUT2D eigenvalue weighted by Crippen LogP contribution is -2.10. The van der Waals surface area contributed by atoms with Crippen molar-refractivity contribution in [3.05, 3.63) is 61.7 Å². The summed E-state index contributed by atoms with van der Waals surface area (Å²) >= 11 is 8.33. The third-order valence-electron chi connectivity index (χ3n) is 3.06. The Balaban J connectivity index is 1.81. The summed E-state index contributed by atoms with van der Waals surface area (Å²) in [7, 11) is 0. The first-order valence-corrected chi connectivity index (χ1v) is 8.69. The molecule has 0 aliphatic rings. The van der Waals surface area contributed by atoms with Crippen LogP contribution in [0.1, 0.15) is 9.67 Å². The number of hydrogen-bond acceptors (Lipinski definition) is 3. The van der Waals surface area contributed by atoms with Gasteiger partial charge in [0.15, 0.2) is 6.61 Å². The lowest BCUT2D eigenvalue weighted by molar-refractivity contribution is 0.0924. The molecular formula is C16H10Br2O2S. The van der Waals surface area contributed by atoms with Crippen molar-refractivity contribution in [2.45, 2.75) is 0 Å². The number of carbonyl (C=O) groups is 1. The molecule has 0 spiro atoms. The molecule has 5 heteroatoms. The number of benzene rings is 2. The molecule has 3 aromatic rings. The number of Topliss-reactive ketones (excluding diaryl/α,β-unsaturated/α-hetero) is 1. The van der Waals surface area contributed by atoms with Crippen LogP contribution in [0.25, 0.3) is 10.8 Å². The maximum atomic E-state index is 12.1. The summed E-state index contributed by atoms with van der Waals surface area (Å²) in [6.07, 6.45) is 0. The summed E-state index contributed by atoms with van der Waals surface area (Å²) in [5, 5.41) is 4.08. The Kier molecular flexibility index (Phi) is 4.42. The van der Waals surface area contributed by atoms with Gasteiger partial charge in [0, 0.05) is 4.47 Å². The van der Waals surface area contributed by atoms with Crippen molar-refractivity contribution in [2.24, 2.45) is 0 Å². The molecule has 0 aliphatic heterocycles. The zero-order valence-electron chi connectivity index (χ0n) is 10.8. The molecular weight excluding hydrogens is 416 g/mol. The summed E-state index contributed by atoms with van der Waals surface area (Å²) in [4.78, 5) is 12.8. The highest BCUT2D eigenvalue weighted by atomic mass is 79.9. The average Bonchev–Trinajstić information content (AvgIpc) is 2.93. The number of thiophene rings is 1. The molecule has 0 atom stereocenters. The quantitative estimate of drug-likeness (QED) is 0.502. The Morgan fingerprint density at radius 1 is 1.10 bits per heavy atom. The first-order chi connectivity index (χ1) is 10.2. The molecule has 1 aromatic heterocycles. The fourth-order valence-electron chi connectivity index (χ4n) is 2.03. The molecule has 3 rings (SSSR count). The number of fused-ring (bicyclic) bond motifs is 1. The van der Waals surface area contributed by atoms with Crippen molar-refractivity contribution in [3.8, 4) is 5.75 Å². The van der Waals surface area contributed by atoms with Crippen LogP contribution in [0.4, 0.5) is 0 Å². The van der Waals surface area contributed by atoms with Crippen LogP contribution >= 0.6 is 43.2 Å². The number of carbonyl (C=O) groups excluding carboxylic acids is 1. The predicted octanol–water partition coefficient (Wildman–Crippen LogP) is 5.69. The lowest BCUT2D eigenvalue weighted by Gasteiger charge is -2.09. The van der Waals surface area contributed by atoms with Crippen LogP contribution in [0.15, 0.2) is 56.8 Å². The van der Waals surface area contributed by atoms with Gasteiger partial charge in [-0.05, 0) is 60.1 Å². The van der Waals surface area contributed by atoms with Crippen molar-refractivity contribution in [1.29, 1.82) is 0 Å². The van der Waals surface area contributed by atoms with E-state index >= 15 is 0 Å². The number of ether oxygens (including phenoxy) is 1. The van der Waals surface area contributed by atoms with Crippen molar-refractivity contribution < 1.29 is 9.53 Å². The average molecular weight is 426 g/mol. The highest BCUT2D eigenvalue weighted by Gasteiger charge is 2.13. The first-order valence-electron chi connectivity index (χ1n) is 6.23. The second kappa shape index (κ2) is 6.30. The fourth-order valence-corrected chi connectivity index (χ4v) is 4.15. The lowest BCUT2D eigenvalue weighted by atomic mass is 10.1. The van der Waals surface area contributed by atoms with E-state index in [1.165, 1.54) is 11.3 Å². The molecule has 0 saturated carbocycles. The molecule has 0 aliphatic carbocycles. The van der Waals surface area contributed by atoms with Crippen molar-refractivity contribution in [2.75, 3.05) is 6.61 Å². The summed E-state index contributed by atoms with van der Waals surface area (Å²) in [5.74, 6) is 0.645. The summed E-state index contributed by atoms with van der Waals surface area (Å²) in [6, 6.07) is 13.8. The van der Waals surface area contributed by atoms with Gasteiger partial charge in [-0.15, -0.1) is 11.3 Å². The Morgan fingerprint density at radius 2 is 1.90 bits per heavy atom. The van der Waals surface area contributed by atoms with Gasteiger partial charge in [-0.25, -0.2) is 0 Å². The van der Waals surface area contributed by atoms with E-state index in [4.69, 9.17) is 4.74 Å². The molecule has 0 fully saturated rings. The minimum absolute atomic E-state index is 0.0239. The van der Waals surface area contributed by atoms with Gasteiger partial charge < -0.3 is 4.74 Å². The van der Waals surface area contributed by atoms with E-state index in [2.05, 4.69) is 31.9 Å². The monoisotopic (exact) mass is 424 g/mol. The minimum atomic E-state index is -0.0306. The second-order valence-corrected chi connectivity index (χ2v) is 6.97. The molecule has 0 bridgehead atoms. The number of rotatable bonds is 4. The van der Waals surface area contributed by atoms with Gasteiger partial charge in [-0.1, -0.05) is 30.3 Å². The van der Waals surface area contributed by atoms with Crippen LogP contribution < -0.4 is 4.74 Å². The SMILES string of the molecule is O=C(COc1ccc2ccccc2c1Br)c1sccc1Br. The topological polar surface area (TPSA) is 26.3 Å². The highest BCUT2D eigenvalue weighted by Crippen LogP contribution is 2.33. The first kappa shape index (κ1) is 14.8. The van der Waals surface area contributed by atoms with Crippen molar-refractivity contribution >= 4 is 59.8 Å². The van der Waals surface area contributed by atoms with Crippen LogP contribution in [0.2, 0.25) is 0 Å². The Bertz CT molecular complexity index is 811. The maximum Gasteiger partial charge on any atom is 0.211 e. The van der Waals surface area contributed by atoms with Gasteiger partial charge >= 0.3 is 0 Å². The minimum Gasteiger partial charge on any atom is -0.484 e. The third kappa shape index (κ3) is 3.05. The van der Waals surface area contributed by atoms with E-state index in [-0.39, 0.29) is 12.4 Å². The van der Waals surface area contributed by atoms with Crippen molar-refractivity contribution in [1.82, 2.24) is 0 Å². The standard InChI is InChI=1S/C16H10Br2O2S/c17-12-7-8-21-16(12)13(19)9-20-14-6-5-10-3-1-2-4-11(10)15(14)18/h1-8H,9H2. The Labute approximate surface area is 143 Å². The fraction of sp³-hybridized carbons (Fsp3) is 0.0625. The third-order valence-corrected chi connectivity index (χ3v) is 5.75. The Morgan fingerprint density at radius 3 is 2.67 bits per heavy atom. The number of halogens is 2. The van der Waals surface area contributed by atoms with Crippen LogP contribution in [-0.2, 0) is 0 Å². The van der Waals surface area contributed by atoms with E-state index in [9.17, 15) is 4.79 Å². The molecule has 0 saturated heterocycles. The van der Waals surface area contributed by atoms with E-state index in [1.54, 1.807) is 0 Å². The largest absolute Gasteiger partial charge is 0.484 e. The van der Waals surface area contributed by atoms with E-state index in [0.717, 1.165) is 19.7 Å². The summed E-state index contributed by atoms with van der Waals surface area (Å²) in [6.45, 7) is 0.0239. The van der Waals surface area contributed by atoms with Gasteiger partial charge in [-0.3, -0.25) is 4.79 Å². The Hall–Kier alpha value is -1.17. The van der Waals surface area contributed by atoms with Gasteiger partial charge in [0.2, 0.25) is 5.78 Å². The normalized spacial score (nSPS) is 10.8. The smallest absolute Gasteiger partial charge is 0.211 e. The number of hydrogen-bond donors (Lipinski definition) is 0. The van der Waals surface area contributed by atoms with Gasteiger partial charge in [-0.2, -0.15) is 0 Å². The molecule has 0 N–H and O–H groups in total. The van der Waals surface area contributed by atoms with E-state index < -0.39 is 0 Å². The van der Waals surface area contributed by atoms with E-state index in [1.807, 2.05) is 47.8 Å². The van der Waals surface area contributed by atoms with Gasteiger partial charge in [0.05, 0.1) is 9.35 Å². The molecule has 2 aromatic carbocycles. The molecule has 0 unspecified atom stereocenters. The summed E-state index contributed by atoms with van der Waals surface area (Å²) < 4.78 is 7.37. The molecule has 1 heterocycles. The van der Waals surface area contributed by atoms with Crippen molar-refractivity contribution in [3.63, 3.8) is 0 Å². The zero-order chi connectivity index (χ0) is 14.8. The van der Waals surface area contributed by atoms with Crippen LogP contribution in [0.5, 0.6) is 5.75 Å². The number of ketones is 1. The molecule has 106 valence electrons. The van der Waals surface area contributed by atoms with Crippen LogP contribution in [-0.4, -0.2) is 12.4 Å². The molecule has 21 heavy (non-hydrogen) atoms. The zero-order valence-corrected chi connectivity index (χ0v) is 14.8. The predicted molar refractivity (Wildman–Crippen MR) is 93.5 cm³/mol. The van der Waals surface area contributed by atoms with Gasteiger partial charge in [0.25, 0.3) is 0 Å². The van der Waals surface area contributed by atoms with Crippen LogP contribution in [0, 0.1) is 0 Å².